The highest BCUT2D eigenvalue weighted by molar-refractivity contribution is 4.82. The van der Waals surface area contributed by atoms with Crippen LogP contribution in [0.1, 0.15) is 18.8 Å². The van der Waals surface area contributed by atoms with Gasteiger partial charge in [-0.2, -0.15) is 0 Å². The Labute approximate surface area is 54.5 Å². The van der Waals surface area contributed by atoms with E-state index in [0.717, 1.165) is 5.82 Å². The molecule has 50 valence electrons. The summed E-state index contributed by atoms with van der Waals surface area (Å²) in [7, 11) is 1.97. The van der Waals surface area contributed by atoms with Gasteiger partial charge in [-0.05, 0) is 6.92 Å². The third-order valence-electron chi connectivity index (χ3n) is 1.34. The van der Waals surface area contributed by atoms with Gasteiger partial charge >= 0.3 is 0 Å². The van der Waals surface area contributed by atoms with E-state index in [1.54, 1.807) is 0 Å². The van der Waals surface area contributed by atoms with Crippen molar-refractivity contribution in [2.24, 2.45) is 12.8 Å². The van der Waals surface area contributed by atoms with Gasteiger partial charge in [0.1, 0.15) is 18.4 Å². The highest BCUT2D eigenvalue weighted by Crippen LogP contribution is 1.96. The van der Waals surface area contributed by atoms with Crippen LogP contribution < -0.4 is 10.3 Å². The number of imidazole rings is 1. The largest absolute Gasteiger partial charge is 0.318 e. The first-order valence-corrected chi connectivity index (χ1v) is 3.00. The maximum atomic E-state index is 5.61. The Bertz CT molecular complexity index is 190. The van der Waals surface area contributed by atoms with Crippen LogP contribution in [0.15, 0.2) is 12.4 Å². The van der Waals surface area contributed by atoms with Crippen molar-refractivity contribution in [3.05, 3.63) is 18.2 Å². The summed E-state index contributed by atoms with van der Waals surface area (Å²) in [6, 6.07) is 0.0880. The Balaban J connectivity index is 2.94. The molecule has 3 N–H and O–H groups in total. The highest BCUT2D eigenvalue weighted by Gasteiger charge is 2.09. The van der Waals surface area contributed by atoms with Crippen molar-refractivity contribution in [3.8, 4) is 0 Å². The van der Waals surface area contributed by atoms with Crippen molar-refractivity contribution in [1.82, 2.24) is 4.98 Å². The average molecular weight is 126 g/mol. The summed E-state index contributed by atoms with van der Waals surface area (Å²) in [5.41, 5.74) is 5.61. The first kappa shape index (κ1) is 6.29. The van der Waals surface area contributed by atoms with Gasteiger partial charge in [-0.25, -0.2) is 9.55 Å². The summed E-state index contributed by atoms with van der Waals surface area (Å²) in [5, 5.41) is 0. The summed E-state index contributed by atoms with van der Waals surface area (Å²) in [6.07, 6.45) is 3.82. The Morgan fingerprint density at radius 1 is 1.78 bits per heavy atom. The fourth-order valence-electron chi connectivity index (χ4n) is 0.869. The Morgan fingerprint density at radius 2 is 2.44 bits per heavy atom. The summed E-state index contributed by atoms with van der Waals surface area (Å²) < 4.78 is 1.98. The summed E-state index contributed by atoms with van der Waals surface area (Å²) >= 11 is 0. The minimum absolute atomic E-state index is 0.0880. The third-order valence-corrected chi connectivity index (χ3v) is 1.34. The maximum absolute atomic E-state index is 5.61. The molecular formula is C6H12N3+. The molecule has 0 fully saturated rings. The Kier molecular flexibility index (Phi) is 1.53. The molecule has 0 aliphatic rings. The number of hydrogen-bond acceptors (Lipinski definition) is 1. The molecule has 0 saturated heterocycles. The molecule has 1 rings (SSSR count). The van der Waals surface area contributed by atoms with Gasteiger partial charge < -0.3 is 5.73 Å². The lowest BCUT2D eigenvalue weighted by atomic mass is 10.3. The molecule has 1 unspecified atom stereocenters. The topological polar surface area (TPSA) is 45.7 Å². The molecule has 3 nitrogen and oxygen atoms in total. The van der Waals surface area contributed by atoms with Crippen LogP contribution in [-0.2, 0) is 7.05 Å². The van der Waals surface area contributed by atoms with Crippen molar-refractivity contribution < 1.29 is 4.57 Å². The number of aromatic nitrogens is 2. The zero-order valence-electron chi connectivity index (χ0n) is 5.76. The minimum atomic E-state index is 0.0880. The van der Waals surface area contributed by atoms with Crippen LogP contribution >= 0.6 is 0 Å². The van der Waals surface area contributed by atoms with E-state index in [0.29, 0.717) is 0 Å². The normalized spacial score (nSPS) is 13.7. The van der Waals surface area contributed by atoms with Crippen LogP contribution in [0.5, 0.6) is 0 Å². The second-order valence-electron chi connectivity index (χ2n) is 2.24. The monoisotopic (exact) mass is 126 g/mol. The molecule has 3 heteroatoms. The third kappa shape index (κ3) is 1.10. The predicted molar refractivity (Wildman–Crippen MR) is 34.6 cm³/mol. The number of aryl methyl sites for hydroxylation is 1. The second kappa shape index (κ2) is 2.19. The fourth-order valence-corrected chi connectivity index (χ4v) is 0.869. The molecule has 0 amide bonds. The molecular weight excluding hydrogens is 114 g/mol. The number of H-pyrrole nitrogens is 1. The van der Waals surface area contributed by atoms with E-state index in [1.807, 2.05) is 30.9 Å². The van der Waals surface area contributed by atoms with Gasteiger partial charge in [-0.1, -0.05) is 0 Å². The van der Waals surface area contributed by atoms with Crippen LogP contribution in [0, 0.1) is 0 Å². The lowest BCUT2D eigenvalue weighted by molar-refractivity contribution is -0.679. The van der Waals surface area contributed by atoms with Crippen LogP contribution in [-0.4, -0.2) is 4.98 Å². The lowest BCUT2D eigenvalue weighted by Gasteiger charge is -1.95. The van der Waals surface area contributed by atoms with Gasteiger partial charge in [0.25, 0.3) is 5.82 Å². The van der Waals surface area contributed by atoms with Gasteiger partial charge in [0.2, 0.25) is 0 Å². The first-order chi connectivity index (χ1) is 4.22. The number of hydrogen-bond donors (Lipinski definition) is 2. The molecule has 1 heterocycles. The highest BCUT2D eigenvalue weighted by atomic mass is 15.1. The molecule has 1 aromatic heterocycles. The van der Waals surface area contributed by atoms with E-state index < -0.39 is 0 Å². The lowest BCUT2D eigenvalue weighted by Crippen LogP contribution is -2.33. The van der Waals surface area contributed by atoms with Crippen molar-refractivity contribution in [2.45, 2.75) is 13.0 Å². The van der Waals surface area contributed by atoms with E-state index in [2.05, 4.69) is 4.98 Å². The standard InChI is InChI=1S/C6H11N3/c1-5(7)6-8-3-4-9(6)2/h3-5H,7H2,1-2H3/p+1. The first-order valence-electron chi connectivity index (χ1n) is 3.00. The van der Waals surface area contributed by atoms with Gasteiger partial charge in [0, 0.05) is 0 Å². The molecule has 0 bridgehead atoms. The number of nitrogens with two attached hydrogens (primary N) is 1. The zero-order valence-corrected chi connectivity index (χ0v) is 5.76. The van der Waals surface area contributed by atoms with Gasteiger partial charge in [-0.3, -0.25) is 0 Å². The van der Waals surface area contributed by atoms with Crippen LogP contribution in [0.3, 0.4) is 0 Å². The summed E-state index contributed by atoms with van der Waals surface area (Å²) in [5.74, 6) is 1.05. The number of nitrogens with zero attached hydrogens (tertiary/aromatic N) is 1. The van der Waals surface area contributed by atoms with E-state index in [-0.39, 0.29) is 6.04 Å². The fraction of sp³-hybridized carbons (Fsp3) is 0.500. The minimum Gasteiger partial charge on any atom is -0.318 e. The SMILES string of the molecule is CC(N)c1[nH]cc[n+]1C. The molecule has 0 spiro atoms. The van der Waals surface area contributed by atoms with E-state index in [4.69, 9.17) is 5.73 Å². The quantitative estimate of drug-likeness (QED) is 0.505. The average Bonchev–Trinajstić information content (AvgIpc) is 2.13. The molecule has 0 aliphatic heterocycles. The van der Waals surface area contributed by atoms with Crippen molar-refractivity contribution in [2.75, 3.05) is 0 Å². The van der Waals surface area contributed by atoms with E-state index in [9.17, 15) is 0 Å². The van der Waals surface area contributed by atoms with Crippen LogP contribution in [0.2, 0.25) is 0 Å². The van der Waals surface area contributed by atoms with Gasteiger partial charge in [0.15, 0.2) is 0 Å². The molecule has 0 aromatic carbocycles. The van der Waals surface area contributed by atoms with Gasteiger partial charge in [0.05, 0.1) is 7.05 Å². The van der Waals surface area contributed by atoms with Crippen LogP contribution in [0.4, 0.5) is 0 Å². The smallest absolute Gasteiger partial charge is 0.270 e. The van der Waals surface area contributed by atoms with Crippen molar-refractivity contribution in [3.63, 3.8) is 0 Å². The Hall–Kier alpha value is -0.830. The van der Waals surface area contributed by atoms with Crippen LogP contribution in [0.25, 0.3) is 0 Å². The van der Waals surface area contributed by atoms with E-state index in [1.165, 1.54) is 0 Å². The number of rotatable bonds is 1. The molecule has 9 heavy (non-hydrogen) atoms. The summed E-state index contributed by atoms with van der Waals surface area (Å²) in [6.45, 7) is 1.95. The van der Waals surface area contributed by atoms with Crippen molar-refractivity contribution >= 4 is 0 Å². The molecule has 1 atom stereocenters. The molecule has 0 aliphatic carbocycles. The number of nitrogens with one attached hydrogen (secondary N) is 1. The molecule has 0 saturated carbocycles. The molecule has 0 radical (unpaired) electrons. The predicted octanol–water partition coefficient (Wildman–Crippen LogP) is -0.141. The molecule has 1 aromatic rings. The van der Waals surface area contributed by atoms with Crippen molar-refractivity contribution in [1.29, 1.82) is 0 Å². The number of aromatic amines is 1. The van der Waals surface area contributed by atoms with Gasteiger partial charge in [-0.15, -0.1) is 0 Å². The maximum Gasteiger partial charge on any atom is 0.270 e. The Morgan fingerprint density at radius 3 is 2.67 bits per heavy atom. The zero-order chi connectivity index (χ0) is 6.85. The van der Waals surface area contributed by atoms with E-state index >= 15 is 0 Å². The summed E-state index contributed by atoms with van der Waals surface area (Å²) in [4.78, 5) is 3.04. The second-order valence-corrected chi connectivity index (χ2v) is 2.24.